The molecule has 0 aromatic rings. The average Bonchev–Trinajstić information content (AvgIpc) is 1.93. The minimum atomic E-state index is -0.0240. The number of carbonyl (C=O) groups is 1. The van der Waals surface area contributed by atoms with E-state index in [1.54, 1.807) is 0 Å². The smallest absolute Gasteiger partial charge is 0.221 e. The zero-order valence-corrected chi connectivity index (χ0v) is 8.81. The van der Waals surface area contributed by atoms with E-state index >= 15 is 0 Å². The van der Waals surface area contributed by atoms with Gasteiger partial charge in [-0.15, -0.1) is 0 Å². The number of hydrogen-bond acceptors (Lipinski definition) is 1. The lowest BCUT2D eigenvalue weighted by Crippen LogP contribution is -2.22. The molecule has 1 unspecified atom stereocenters. The van der Waals surface area contributed by atoms with Crippen LogP contribution in [0.5, 0.6) is 0 Å². The molecule has 66 valence electrons. The Morgan fingerprint density at radius 1 is 1.75 bits per heavy atom. The lowest BCUT2D eigenvalue weighted by atomic mass is 10.0. The topological polar surface area (TPSA) is 29.1 Å². The van der Waals surface area contributed by atoms with E-state index in [2.05, 4.69) is 28.2 Å². The van der Waals surface area contributed by atoms with Crippen molar-refractivity contribution in [1.29, 1.82) is 0 Å². The Labute approximate surface area is 80.9 Å². The van der Waals surface area contributed by atoms with E-state index in [4.69, 9.17) is 0 Å². The standard InChI is InChI=1S/C9H12BrNO/c1-7(12)11-8-3-5-9(2,10)6-4-8/h3-5H,6H2,1-2H3,(H,11,12). The number of amides is 1. The third-order valence-electron chi connectivity index (χ3n) is 1.65. The molecule has 1 atom stereocenters. The van der Waals surface area contributed by atoms with Gasteiger partial charge in [0, 0.05) is 16.9 Å². The highest BCUT2D eigenvalue weighted by molar-refractivity contribution is 9.10. The van der Waals surface area contributed by atoms with Crippen molar-refractivity contribution in [2.75, 3.05) is 0 Å². The first-order valence-corrected chi connectivity index (χ1v) is 4.65. The fourth-order valence-electron chi connectivity index (χ4n) is 1.01. The Bertz CT molecular complexity index is 253. The maximum Gasteiger partial charge on any atom is 0.221 e. The van der Waals surface area contributed by atoms with Crippen LogP contribution in [0.2, 0.25) is 0 Å². The van der Waals surface area contributed by atoms with Gasteiger partial charge in [-0.1, -0.05) is 28.1 Å². The highest BCUT2D eigenvalue weighted by Gasteiger charge is 2.17. The first-order valence-electron chi connectivity index (χ1n) is 3.85. The second-order valence-electron chi connectivity index (χ2n) is 3.16. The first kappa shape index (κ1) is 9.52. The van der Waals surface area contributed by atoms with Gasteiger partial charge in [0.1, 0.15) is 0 Å². The van der Waals surface area contributed by atoms with E-state index in [-0.39, 0.29) is 10.2 Å². The molecule has 12 heavy (non-hydrogen) atoms. The van der Waals surface area contributed by atoms with Gasteiger partial charge in [0.05, 0.1) is 0 Å². The van der Waals surface area contributed by atoms with Crippen molar-refractivity contribution in [3.8, 4) is 0 Å². The predicted octanol–water partition coefficient (Wildman–Crippen LogP) is 2.12. The Morgan fingerprint density at radius 2 is 2.42 bits per heavy atom. The summed E-state index contributed by atoms with van der Waals surface area (Å²) in [6.45, 7) is 3.60. The van der Waals surface area contributed by atoms with Crippen molar-refractivity contribution in [3.05, 3.63) is 23.9 Å². The van der Waals surface area contributed by atoms with E-state index in [9.17, 15) is 4.79 Å². The van der Waals surface area contributed by atoms with Crippen LogP contribution in [-0.4, -0.2) is 10.2 Å². The van der Waals surface area contributed by atoms with Crippen molar-refractivity contribution in [3.63, 3.8) is 0 Å². The Balaban J connectivity index is 2.58. The predicted molar refractivity (Wildman–Crippen MR) is 53.0 cm³/mol. The zero-order chi connectivity index (χ0) is 9.19. The molecule has 0 aromatic carbocycles. The zero-order valence-electron chi connectivity index (χ0n) is 7.23. The van der Waals surface area contributed by atoms with Gasteiger partial charge in [0.25, 0.3) is 0 Å². The lowest BCUT2D eigenvalue weighted by Gasteiger charge is -2.20. The summed E-state index contributed by atoms with van der Waals surface area (Å²) < 4.78 is 0.0506. The molecule has 0 fully saturated rings. The molecule has 0 heterocycles. The summed E-state index contributed by atoms with van der Waals surface area (Å²) >= 11 is 3.54. The summed E-state index contributed by atoms with van der Waals surface area (Å²) in [6, 6.07) is 0. The van der Waals surface area contributed by atoms with Crippen molar-refractivity contribution in [2.45, 2.75) is 24.6 Å². The number of nitrogens with one attached hydrogen (secondary N) is 1. The SMILES string of the molecule is CC(=O)NC1=CCC(C)(Br)C=C1. The van der Waals surface area contributed by atoms with Crippen LogP contribution in [0.1, 0.15) is 20.3 Å². The van der Waals surface area contributed by atoms with Crippen LogP contribution in [0.3, 0.4) is 0 Å². The molecule has 0 aromatic heterocycles. The maximum absolute atomic E-state index is 10.7. The first-order chi connectivity index (χ1) is 5.49. The minimum absolute atomic E-state index is 0.0240. The van der Waals surface area contributed by atoms with Gasteiger partial charge in [-0.2, -0.15) is 0 Å². The van der Waals surface area contributed by atoms with Gasteiger partial charge in [0.15, 0.2) is 0 Å². The second-order valence-corrected chi connectivity index (χ2v) is 4.97. The summed E-state index contributed by atoms with van der Waals surface area (Å²) in [7, 11) is 0. The van der Waals surface area contributed by atoms with Gasteiger partial charge >= 0.3 is 0 Å². The summed E-state index contributed by atoms with van der Waals surface area (Å²) in [5, 5.41) is 2.73. The third-order valence-corrected chi connectivity index (χ3v) is 2.24. The molecule has 0 saturated carbocycles. The second kappa shape index (κ2) is 3.44. The highest BCUT2D eigenvalue weighted by atomic mass is 79.9. The van der Waals surface area contributed by atoms with Gasteiger partial charge in [0.2, 0.25) is 5.91 Å². The van der Waals surface area contributed by atoms with Crippen molar-refractivity contribution < 1.29 is 4.79 Å². The van der Waals surface area contributed by atoms with Crippen molar-refractivity contribution in [1.82, 2.24) is 5.32 Å². The summed E-state index contributed by atoms with van der Waals surface area (Å²) in [4.78, 5) is 10.7. The molecule has 0 spiro atoms. The normalized spacial score (nSPS) is 28.1. The Kier molecular flexibility index (Phi) is 2.73. The number of carbonyl (C=O) groups excluding carboxylic acids is 1. The summed E-state index contributed by atoms with van der Waals surface area (Å²) in [6.07, 6.45) is 6.87. The molecule has 1 aliphatic carbocycles. The third kappa shape index (κ3) is 2.81. The maximum atomic E-state index is 10.7. The molecular weight excluding hydrogens is 218 g/mol. The summed E-state index contributed by atoms with van der Waals surface area (Å²) in [5.74, 6) is -0.0240. The number of halogens is 1. The molecule has 0 aliphatic heterocycles. The van der Waals surface area contributed by atoms with E-state index < -0.39 is 0 Å². The van der Waals surface area contributed by atoms with Crippen LogP contribution in [0.25, 0.3) is 0 Å². The van der Waals surface area contributed by atoms with Gasteiger partial charge in [-0.3, -0.25) is 4.79 Å². The molecule has 1 N–H and O–H groups in total. The van der Waals surface area contributed by atoms with Crippen molar-refractivity contribution >= 4 is 21.8 Å². The molecule has 3 heteroatoms. The molecule has 0 radical (unpaired) electrons. The van der Waals surface area contributed by atoms with Crippen LogP contribution in [0.15, 0.2) is 23.9 Å². The number of rotatable bonds is 1. The Hall–Kier alpha value is -0.570. The van der Waals surface area contributed by atoms with E-state index in [0.29, 0.717) is 0 Å². The van der Waals surface area contributed by atoms with Gasteiger partial charge < -0.3 is 5.32 Å². The van der Waals surface area contributed by atoms with Crippen LogP contribution in [0, 0.1) is 0 Å². The summed E-state index contributed by atoms with van der Waals surface area (Å²) in [5.41, 5.74) is 0.888. The largest absolute Gasteiger partial charge is 0.327 e. The van der Waals surface area contributed by atoms with Gasteiger partial charge in [-0.25, -0.2) is 0 Å². The lowest BCUT2D eigenvalue weighted by molar-refractivity contribution is -0.118. The molecule has 1 amide bonds. The fourth-order valence-corrected chi connectivity index (χ4v) is 1.30. The number of alkyl halides is 1. The van der Waals surface area contributed by atoms with E-state index in [0.717, 1.165) is 12.1 Å². The molecule has 0 bridgehead atoms. The van der Waals surface area contributed by atoms with Crippen LogP contribution in [0.4, 0.5) is 0 Å². The highest BCUT2D eigenvalue weighted by Crippen LogP contribution is 2.28. The van der Waals surface area contributed by atoms with Crippen molar-refractivity contribution in [2.24, 2.45) is 0 Å². The molecule has 1 rings (SSSR count). The van der Waals surface area contributed by atoms with E-state index in [1.165, 1.54) is 6.92 Å². The van der Waals surface area contributed by atoms with Gasteiger partial charge in [-0.05, 0) is 19.4 Å². The fraction of sp³-hybridized carbons (Fsp3) is 0.444. The van der Waals surface area contributed by atoms with E-state index in [1.807, 2.05) is 18.2 Å². The quantitative estimate of drug-likeness (QED) is 0.687. The molecule has 2 nitrogen and oxygen atoms in total. The monoisotopic (exact) mass is 229 g/mol. The number of hydrogen-bond donors (Lipinski definition) is 1. The number of allylic oxidation sites excluding steroid dienone is 3. The van der Waals surface area contributed by atoms with Crippen LogP contribution >= 0.6 is 15.9 Å². The van der Waals surface area contributed by atoms with Crippen LogP contribution < -0.4 is 5.32 Å². The minimum Gasteiger partial charge on any atom is -0.327 e. The van der Waals surface area contributed by atoms with Crippen LogP contribution in [-0.2, 0) is 4.79 Å². The Morgan fingerprint density at radius 3 is 2.83 bits per heavy atom. The molecule has 1 aliphatic rings. The molecular formula is C9H12BrNO. The average molecular weight is 230 g/mol. The molecule has 0 saturated heterocycles.